The van der Waals surface area contributed by atoms with E-state index in [9.17, 15) is 4.79 Å². The predicted molar refractivity (Wildman–Crippen MR) is 41.9 cm³/mol. The van der Waals surface area contributed by atoms with Gasteiger partial charge in [-0.2, -0.15) is 4.98 Å². The minimum absolute atomic E-state index is 0.222. The highest BCUT2D eigenvalue weighted by Gasteiger charge is 1.97. The summed E-state index contributed by atoms with van der Waals surface area (Å²) >= 11 is 3.26. The average molecular weight is 203 g/mol. The fourth-order valence-electron chi connectivity index (χ4n) is 0.594. The summed E-state index contributed by atoms with van der Waals surface area (Å²) in [5.74, 6) is 0. The SMILES string of the molecule is Cc1nc(=O)n(C)cc1Br. The van der Waals surface area contributed by atoms with Gasteiger partial charge in [-0.15, -0.1) is 0 Å². The van der Waals surface area contributed by atoms with E-state index in [0.29, 0.717) is 0 Å². The van der Waals surface area contributed by atoms with Crippen LogP contribution in [0.15, 0.2) is 15.5 Å². The van der Waals surface area contributed by atoms with E-state index in [2.05, 4.69) is 20.9 Å². The Morgan fingerprint density at radius 2 is 2.30 bits per heavy atom. The molecule has 0 atom stereocenters. The summed E-state index contributed by atoms with van der Waals surface area (Å²) in [6, 6.07) is 0. The Hall–Kier alpha value is -0.640. The lowest BCUT2D eigenvalue weighted by Gasteiger charge is -1.98. The second-order valence-electron chi connectivity index (χ2n) is 2.07. The highest BCUT2D eigenvalue weighted by Crippen LogP contribution is 2.08. The fraction of sp³-hybridized carbons (Fsp3) is 0.333. The maximum atomic E-state index is 10.8. The van der Waals surface area contributed by atoms with Crippen LogP contribution in [-0.2, 0) is 7.05 Å². The topological polar surface area (TPSA) is 34.9 Å². The Morgan fingerprint density at radius 1 is 1.70 bits per heavy atom. The normalized spacial score (nSPS) is 9.90. The molecule has 1 heterocycles. The van der Waals surface area contributed by atoms with E-state index in [-0.39, 0.29) is 5.69 Å². The van der Waals surface area contributed by atoms with Gasteiger partial charge in [0.05, 0.1) is 10.2 Å². The third kappa shape index (κ3) is 1.26. The number of aromatic nitrogens is 2. The second-order valence-corrected chi connectivity index (χ2v) is 2.92. The lowest BCUT2D eigenvalue weighted by atomic mass is 10.5. The van der Waals surface area contributed by atoms with Crippen molar-refractivity contribution in [3.63, 3.8) is 0 Å². The first-order valence-electron chi connectivity index (χ1n) is 2.81. The van der Waals surface area contributed by atoms with Gasteiger partial charge in [-0.3, -0.25) is 0 Å². The van der Waals surface area contributed by atoms with E-state index < -0.39 is 0 Å². The number of nitrogens with zero attached hydrogens (tertiary/aromatic N) is 2. The molecular formula is C6H7BrN2O. The van der Waals surface area contributed by atoms with Gasteiger partial charge in [-0.25, -0.2) is 4.79 Å². The van der Waals surface area contributed by atoms with E-state index in [1.807, 2.05) is 0 Å². The van der Waals surface area contributed by atoms with E-state index >= 15 is 0 Å². The molecule has 0 aliphatic rings. The van der Waals surface area contributed by atoms with Crippen molar-refractivity contribution in [3.05, 3.63) is 26.8 Å². The summed E-state index contributed by atoms with van der Waals surface area (Å²) in [7, 11) is 1.67. The molecule has 0 bridgehead atoms. The van der Waals surface area contributed by atoms with Gasteiger partial charge < -0.3 is 4.57 Å². The molecule has 1 aromatic heterocycles. The van der Waals surface area contributed by atoms with Crippen molar-refractivity contribution in [2.45, 2.75) is 6.92 Å². The Morgan fingerprint density at radius 3 is 2.80 bits per heavy atom. The van der Waals surface area contributed by atoms with E-state index in [1.165, 1.54) is 4.57 Å². The molecule has 0 fully saturated rings. The van der Waals surface area contributed by atoms with Gasteiger partial charge in [0.1, 0.15) is 0 Å². The number of hydrogen-bond acceptors (Lipinski definition) is 2. The Labute approximate surface area is 66.8 Å². The first-order chi connectivity index (χ1) is 4.61. The molecule has 4 heteroatoms. The van der Waals surface area contributed by atoms with Crippen molar-refractivity contribution in [2.24, 2.45) is 7.05 Å². The van der Waals surface area contributed by atoms with Crippen LogP contribution >= 0.6 is 15.9 Å². The minimum Gasteiger partial charge on any atom is -0.301 e. The standard InChI is InChI=1S/C6H7BrN2O/c1-4-5(7)3-9(2)6(10)8-4/h3H,1-2H3. The highest BCUT2D eigenvalue weighted by molar-refractivity contribution is 9.10. The molecule has 0 aromatic carbocycles. The molecule has 0 spiro atoms. The smallest absolute Gasteiger partial charge is 0.301 e. The molecule has 0 amide bonds. The Kier molecular flexibility index (Phi) is 1.89. The van der Waals surface area contributed by atoms with E-state index in [4.69, 9.17) is 0 Å². The summed E-state index contributed by atoms with van der Waals surface area (Å²) in [6.07, 6.45) is 1.70. The van der Waals surface area contributed by atoms with Crippen LogP contribution in [0.4, 0.5) is 0 Å². The minimum atomic E-state index is -0.222. The fourth-order valence-corrected chi connectivity index (χ4v) is 0.990. The maximum Gasteiger partial charge on any atom is 0.347 e. The molecule has 0 N–H and O–H groups in total. The monoisotopic (exact) mass is 202 g/mol. The number of aryl methyl sites for hydroxylation is 2. The van der Waals surface area contributed by atoms with Crippen LogP contribution in [0.3, 0.4) is 0 Å². The lowest BCUT2D eigenvalue weighted by molar-refractivity contribution is 0.792. The first-order valence-corrected chi connectivity index (χ1v) is 3.60. The van der Waals surface area contributed by atoms with Crippen molar-refractivity contribution in [1.29, 1.82) is 0 Å². The zero-order valence-electron chi connectivity index (χ0n) is 5.76. The average Bonchev–Trinajstić information content (AvgIpc) is 1.84. The van der Waals surface area contributed by atoms with Gasteiger partial charge in [0.15, 0.2) is 0 Å². The van der Waals surface area contributed by atoms with Gasteiger partial charge in [-0.1, -0.05) is 0 Å². The van der Waals surface area contributed by atoms with Crippen LogP contribution < -0.4 is 5.69 Å². The Balaban J connectivity index is 3.43. The number of hydrogen-bond donors (Lipinski definition) is 0. The third-order valence-corrected chi connectivity index (χ3v) is 2.00. The molecular weight excluding hydrogens is 196 g/mol. The number of halogens is 1. The molecule has 0 aliphatic carbocycles. The van der Waals surface area contributed by atoms with Crippen LogP contribution in [0.1, 0.15) is 5.69 Å². The van der Waals surface area contributed by atoms with E-state index in [1.54, 1.807) is 20.2 Å². The van der Waals surface area contributed by atoms with Gasteiger partial charge in [-0.05, 0) is 22.9 Å². The molecule has 0 unspecified atom stereocenters. The van der Waals surface area contributed by atoms with Crippen molar-refractivity contribution in [2.75, 3.05) is 0 Å². The van der Waals surface area contributed by atoms with Gasteiger partial charge in [0, 0.05) is 13.2 Å². The molecule has 54 valence electrons. The largest absolute Gasteiger partial charge is 0.347 e. The van der Waals surface area contributed by atoms with Crippen molar-refractivity contribution >= 4 is 15.9 Å². The molecule has 10 heavy (non-hydrogen) atoms. The second kappa shape index (κ2) is 2.54. The van der Waals surface area contributed by atoms with Gasteiger partial charge in [0.2, 0.25) is 0 Å². The molecule has 1 aromatic rings. The summed E-state index contributed by atoms with van der Waals surface area (Å²) in [5.41, 5.74) is 0.504. The molecule has 0 saturated heterocycles. The Bertz CT molecular complexity index is 305. The van der Waals surface area contributed by atoms with Crippen LogP contribution in [0.5, 0.6) is 0 Å². The third-order valence-electron chi connectivity index (χ3n) is 1.22. The molecule has 3 nitrogen and oxygen atoms in total. The number of rotatable bonds is 0. The van der Waals surface area contributed by atoms with Crippen LogP contribution in [0, 0.1) is 6.92 Å². The maximum absolute atomic E-state index is 10.8. The van der Waals surface area contributed by atoms with Crippen molar-refractivity contribution in [1.82, 2.24) is 9.55 Å². The molecule has 1 rings (SSSR count). The van der Waals surface area contributed by atoms with Crippen molar-refractivity contribution in [3.8, 4) is 0 Å². The molecule has 0 aliphatic heterocycles. The quantitative estimate of drug-likeness (QED) is 0.626. The van der Waals surface area contributed by atoms with Gasteiger partial charge >= 0.3 is 5.69 Å². The zero-order valence-corrected chi connectivity index (χ0v) is 7.34. The van der Waals surface area contributed by atoms with Crippen LogP contribution in [-0.4, -0.2) is 9.55 Å². The zero-order chi connectivity index (χ0) is 7.72. The van der Waals surface area contributed by atoms with Crippen LogP contribution in [0.25, 0.3) is 0 Å². The summed E-state index contributed by atoms with van der Waals surface area (Å²) < 4.78 is 2.28. The predicted octanol–water partition coefficient (Wildman–Crippen LogP) is 0.851. The molecule has 0 saturated carbocycles. The lowest BCUT2D eigenvalue weighted by Crippen LogP contribution is -2.20. The van der Waals surface area contributed by atoms with Crippen LogP contribution in [0.2, 0.25) is 0 Å². The summed E-state index contributed by atoms with van der Waals surface area (Å²) in [6.45, 7) is 1.78. The van der Waals surface area contributed by atoms with Gasteiger partial charge in [0.25, 0.3) is 0 Å². The molecule has 0 radical (unpaired) electrons. The first kappa shape index (κ1) is 7.47. The summed E-state index contributed by atoms with van der Waals surface area (Å²) in [5, 5.41) is 0. The summed E-state index contributed by atoms with van der Waals surface area (Å²) in [4.78, 5) is 14.6. The van der Waals surface area contributed by atoms with E-state index in [0.717, 1.165) is 10.2 Å². The highest BCUT2D eigenvalue weighted by atomic mass is 79.9. The van der Waals surface area contributed by atoms with Crippen molar-refractivity contribution < 1.29 is 0 Å².